The molecule has 1 saturated heterocycles. The van der Waals surface area contributed by atoms with Gasteiger partial charge in [0.15, 0.2) is 0 Å². The van der Waals surface area contributed by atoms with Crippen LogP contribution in [0.3, 0.4) is 0 Å². The Morgan fingerprint density at radius 3 is 2.18 bits per heavy atom. The zero-order valence-corrected chi connectivity index (χ0v) is 23.0. The molecular weight excluding hydrogens is 500 g/mol. The fraction of sp³-hybridized carbons (Fsp3) is 0.290. The van der Waals surface area contributed by atoms with E-state index in [1.54, 1.807) is 18.2 Å². The van der Waals surface area contributed by atoms with Crippen LogP contribution in [0.1, 0.15) is 50.4 Å². The molecule has 7 heteroatoms. The quantitative estimate of drug-likeness (QED) is 0.187. The van der Waals surface area contributed by atoms with E-state index in [0.29, 0.717) is 28.6 Å². The van der Waals surface area contributed by atoms with Crippen molar-refractivity contribution in [1.82, 2.24) is 0 Å². The number of amides is 1. The van der Waals surface area contributed by atoms with Crippen LogP contribution in [0.15, 0.2) is 72.3 Å². The molecule has 1 aliphatic heterocycles. The number of nitrogens with zero attached hydrogens (tertiary/aromatic N) is 2. The molecule has 1 unspecified atom stereocenters. The standard InChI is InChI=1S/C31H33ClN2O4/c1-5-20-9-14-24(15-10-20)34-28(21-11-16-23(17-12-21)33(6-2)7-3)27(30(36)31(34)37)29(35)22-13-18-25(32)26(19-22)38-8-4/h9-19,28,35H,5-8H2,1-4H3/b29-27-. The number of carbonyl (C=O) groups excluding carboxylic acids is 2. The monoisotopic (exact) mass is 532 g/mol. The first-order valence-electron chi connectivity index (χ1n) is 13.0. The lowest BCUT2D eigenvalue weighted by Gasteiger charge is -2.27. The highest BCUT2D eigenvalue weighted by molar-refractivity contribution is 6.51. The van der Waals surface area contributed by atoms with Gasteiger partial charge in [0.05, 0.1) is 23.2 Å². The van der Waals surface area contributed by atoms with Gasteiger partial charge in [-0.1, -0.05) is 42.8 Å². The lowest BCUT2D eigenvalue weighted by atomic mass is 9.94. The first-order valence-corrected chi connectivity index (χ1v) is 13.4. The number of aliphatic hydroxyl groups excluding tert-OH is 1. The Morgan fingerprint density at radius 2 is 1.61 bits per heavy atom. The number of anilines is 2. The topological polar surface area (TPSA) is 70.1 Å². The lowest BCUT2D eigenvalue weighted by Crippen LogP contribution is -2.29. The molecule has 1 amide bonds. The summed E-state index contributed by atoms with van der Waals surface area (Å²) in [5.74, 6) is -1.31. The Kier molecular flexibility index (Phi) is 8.42. The van der Waals surface area contributed by atoms with Crippen LogP contribution >= 0.6 is 11.6 Å². The van der Waals surface area contributed by atoms with E-state index >= 15 is 0 Å². The van der Waals surface area contributed by atoms with Gasteiger partial charge in [0.1, 0.15) is 11.5 Å². The molecule has 1 N–H and O–H groups in total. The number of benzene rings is 3. The van der Waals surface area contributed by atoms with Crippen LogP contribution in [-0.2, 0) is 16.0 Å². The van der Waals surface area contributed by atoms with Crippen LogP contribution in [0, 0.1) is 0 Å². The number of carbonyl (C=O) groups is 2. The van der Waals surface area contributed by atoms with E-state index in [9.17, 15) is 14.7 Å². The minimum absolute atomic E-state index is 0.0231. The van der Waals surface area contributed by atoms with Crippen molar-refractivity contribution in [2.45, 2.75) is 40.2 Å². The van der Waals surface area contributed by atoms with Gasteiger partial charge < -0.3 is 14.7 Å². The number of hydrogen-bond donors (Lipinski definition) is 1. The molecule has 0 radical (unpaired) electrons. The van der Waals surface area contributed by atoms with Gasteiger partial charge in [-0.2, -0.15) is 0 Å². The van der Waals surface area contributed by atoms with Crippen LogP contribution in [0.2, 0.25) is 5.02 Å². The minimum Gasteiger partial charge on any atom is -0.507 e. The lowest BCUT2D eigenvalue weighted by molar-refractivity contribution is -0.132. The molecule has 4 rings (SSSR count). The zero-order chi connectivity index (χ0) is 27.4. The molecule has 3 aromatic carbocycles. The van der Waals surface area contributed by atoms with Crippen LogP contribution in [0.5, 0.6) is 5.75 Å². The maximum Gasteiger partial charge on any atom is 0.300 e. The Labute approximate surface area is 229 Å². The van der Waals surface area contributed by atoms with Gasteiger partial charge in [0, 0.05) is 30.0 Å². The van der Waals surface area contributed by atoms with Gasteiger partial charge >= 0.3 is 0 Å². The smallest absolute Gasteiger partial charge is 0.300 e. The minimum atomic E-state index is -0.806. The summed E-state index contributed by atoms with van der Waals surface area (Å²) in [5.41, 5.74) is 3.85. The number of ether oxygens (including phenoxy) is 1. The molecule has 1 heterocycles. The summed E-state index contributed by atoms with van der Waals surface area (Å²) in [4.78, 5) is 30.6. The highest BCUT2D eigenvalue weighted by Gasteiger charge is 2.47. The van der Waals surface area contributed by atoms with Crippen molar-refractivity contribution >= 4 is 40.4 Å². The van der Waals surface area contributed by atoms with E-state index in [4.69, 9.17) is 16.3 Å². The fourth-order valence-corrected chi connectivity index (χ4v) is 5.01. The normalized spacial score (nSPS) is 16.7. The molecular formula is C31H33ClN2O4. The first kappa shape index (κ1) is 27.3. The third-order valence-corrected chi connectivity index (χ3v) is 7.22. The molecule has 0 aliphatic carbocycles. The van der Waals surface area contributed by atoms with Crippen molar-refractivity contribution in [1.29, 1.82) is 0 Å². The molecule has 1 atom stereocenters. The second-order valence-electron chi connectivity index (χ2n) is 9.03. The highest BCUT2D eigenvalue weighted by atomic mass is 35.5. The zero-order valence-electron chi connectivity index (χ0n) is 22.2. The number of aryl methyl sites for hydroxylation is 1. The molecule has 198 valence electrons. The van der Waals surface area contributed by atoms with Gasteiger partial charge in [0.2, 0.25) is 0 Å². The second-order valence-corrected chi connectivity index (χ2v) is 9.44. The average molecular weight is 533 g/mol. The maximum atomic E-state index is 13.5. The summed E-state index contributed by atoms with van der Waals surface area (Å²) in [6.45, 7) is 10.2. The number of ketones is 1. The summed E-state index contributed by atoms with van der Waals surface area (Å²) < 4.78 is 5.59. The maximum absolute atomic E-state index is 13.5. The third kappa shape index (κ3) is 5.14. The van der Waals surface area contributed by atoms with Gasteiger partial charge in [-0.25, -0.2) is 0 Å². The van der Waals surface area contributed by atoms with Crippen molar-refractivity contribution in [3.63, 3.8) is 0 Å². The predicted molar refractivity (Wildman–Crippen MR) is 153 cm³/mol. The Bertz CT molecular complexity index is 1350. The molecule has 6 nitrogen and oxygen atoms in total. The van der Waals surface area contributed by atoms with Crippen LogP contribution in [0.4, 0.5) is 11.4 Å². The molecule has 0 saturated carbocycles. The van der Waals surface area contributed by atoms with E-state index in [1.165, 1.54) is 4.90 Å². The average Bonchev–Trinajstić information content (AvgIpc) is 3.20. The number of aliphatic hydroxyl groups is 1. The Balaban J connectivity index is 1.89. The van der Waals surface area contributed by atoms with Crippen molar-refractivity contribution < 1.29 is 19.4 Å². The molecule has 1 aliphatic rings. The molecule has 3 aromatic rings. The highest BCUT2D eigenvalue weighted by Crippen LogP contribution is 2.43. The van der Waals surface area contributed by atoms with Gasteiger partial charge in [0.25, 0.3) is 11.7 Å². The fourth-order valence-electron chi connectivity index (χ4n) is 4.83. The van der Waals surface area contributed by atoms with Crippen molar-refractivity contribution in [3.05, 3.63) is 94.0 Å². The second kappa shape index (κ2) is 11.7. The van der Waals surface area contributed by atoms with E-state index in [1.807, 2.05) is 55.5 Å². The Morgan fingerprint density at radius 1 is 0.947 bits per heavy atom. The first-order chi connectivity index (χ1) is 18.3. The van der Waals surface area contributed by atoms with Crippen LogP contribution in [0.25, 0.3) is 5.76 Å². The van der Waals surface area contributed by atoms with Crippen molar-refractivity contribution in [2.75, 3.05) is 29.5 Å². The van der Waals surface area contributed by atoms with Gasteiger partial charge in [-0.3, -0.25) is 14.5 Å². The summed E-state index contributed by atoms with van der Waals surface area (Å²) in [5, 5.41) is 11.9. The molecule has 0 aromatic heterocycles. The molecule has 0 bridgehead atoms. The predicted octanol–water partition coefficient (Wildman–Crippen LogP) is 6.77. The van der Waals surface area contributed by atoms with Crippen LogP contribution < -0.4 is 14.5 Å². The summed E-state index contributed by atoms with van der Waals surface area (Å²) in [6, 6.07) is 19.4. The summed E-state index contributed by atoms with van der Waals surface area (Å²) in [6.07, 6.45) is 0.855. The van der Waals surface area contributed by atoms with E-state index in [0.717, 1.165) is 36.3 Å². The number of hydrogen-bond acceptors (Lipinski definition) is 5. The number of halogens is 1. The molecule has 1 fully saturated rings. The summed E-state index contributed by atoms with van der Waals surface area (Å²) in [7, 11) is 0. The largest absolute Gasteiger partial charge is 0.507 e. The van der Waals surface area contributed by atoms with Gasteiger partial charge in [-0.15, -0.1) is 0 Å². The van der Waals surface area contributed by atoms with Crippen molar-refractivity contribution in [3.8, 4) is 5.75 Å². The van der Waals surface area contributed by atoms with Crippen LogP contribution in [-0.4, -0.2) is 36.5 Å². The van der Waals surface area contributed by atoms with Gasteiger partial charge in [-0.05, 0) is 80.8 Å². The van der Waals surface area contributed by atoms with E-state index in [-0.39, 0.29) is 11.3 Å². The van der Waals surface area contributed by atoms with E-state index in [2.05, 4.69) is 25.7 Å². The van der Waals surface area contributed by atoms with Crippen molar-refractivity contribution in [2.24, 2.45) is 0 Å². The third-order valence-electron chi connectivity index (χ3n) is 6.91. The SMILES string of the molecule is CCOc1cc(/C(O)=C2/C(=O)C(=O)N(c3ccc(CC)cc3)C2c2ccc(N(CC)CC)cc2)ccc1Cl. The summed E-state index contributed by atoms with van der Waals surface area (Å²) >= 11 is 6.25. The Hall–Kier alpha value is -3.77. The van der Waals surface area contributed by atoms with E-state index < -0.39 is 17.7 Å². The number of Topliss-reactive ketones (excluding diaryl/α,β-unsaturated/α-hetero) is 1. The number of rotatable bonds is 9. The molecule has 38 heavy (non-hydrogen) atoms. The molecule has 0 spiro atoms.